The van der Waals surface area contributed by atoms with Gasteiger partial charge in [0.1, 0.15) is 6.61 Å². The van der Waals surface area contributed by atoms with Crippen LogP contribution in [0.3, 0.4) is 0 Å². The molecule has 19 heavy (non-hydrogen) atoms. The van der Waals surface area contributed by atoms with Crippen molar-refractivity contribution in [3.05, 3.63) is 0 Å². The summed E-state index contributed by atoms with van der Waals surface area (Å²) in [7, 11) is 0. The summed E-state index contributed by atoms with van der Waals surface area (Å²) in [6.45, 7) is 3.82. The Hall–Kier alpha value is -0.570. The molecule has 0 unspecified atom stereocenters. The molecule has 0 radical (unpaired) electrons. The van der Waals surface area contributed by atoms with E-state index in [-0.39, 0.29) is 11.4 Å². The molecule has 0 amide bonds. The van der Waals surface area contributed by atoms with Gasteiger partial charge in [-0.3, -0.25) is 4.79 Å². The smallest absolute Gasteiger partial charge is 0.312 e. The van der Waals surface area contributed by atoms with Crippen molar-refractivity contribution in [1.82, 2.24) is 0 Å². The average Bonchev–Trinajstić information content (AvgIpc) is 2.36. The molecule has 0 saturated heterocycles. The predicted octanol–water partition coefficient (Wildman–Crippen LogP) is 3.17. The second-order valence-corrected chi connectivity index (χ2v) is 6.95. The van der Waals surface area contributed by atoms with Crippen LogP contribution in [0.25, 0.3) is 0 Å². The van der Waals surface area contributed by atoms with E-state index in [2.05, 4.69) is 6.92 Å². The molecule has 108 valence electrons. The second kappa shape index (κ2) is 5.43. The average molecular weight is 266 g/mol. The van der Waals surface area contributed by atoms with Crippen LogP contribution in [0, 0.1) is 23.2 Å². The number of carbonyl (C=O) groups is 1. The normalized spacial score (nSPS) is 39.5. The van der Waals surface area contributed by atoms with Crippen LogP contribution in [0.15, 0.2) is 0 Å². The highest BCUT2D eigenvalue weighted by Gasteiger charge is 2.55. The van der Waals surface area contributed by atoms with Crippen molar-refractivity contribution in [1.29, 1.82) is 0 Å². The van der Waals surface area contributed by atoms with E-state index in [0.29, 0.717) is 13.2 Å². The van der Waals surface area contributed by atoms with Gasteiger partial charge in [-0.2, -0.15) is 0 Å². The molecule has 0 aliphatic heterocycles. The first-order chi connectivity index (χ1) is 9.22. The van der Waals surface area contributed by atoms with Crippen LogP contribution in [0.4, 0.5) is 0 Å². The summed E-state index contributed by atoms with van der Waals surface area (Å²) >= 11 is 0. The minimum absolute atomic E-state index is 0.0756. The Balaban J connectivity index is 1.52. The topological polar surface area (TPSA) is 35.5 Å². The lowest BCUT2D eigenvalue weighted by atomic mass is 9.49. The number of hydrogen-bond acceptors (Lipinski definition) is 3. The van der Waals surface area contributed by atoms with E-state index in [4.69, 9.17) is 9.47 Å². The highest BCUT2D eigenvalue weighted by molar-refractivity contribution is 5.77. The van der Waals surface area contributed by atoms with E-state index in [9.17, 15) is 4.79 Å². The third kappa shape index (κ3) is 2.67. The number of rotatable bonds is 6. The second-order valence-electron chi connectivity index (χ2n) is 6.95. The first-order valence-electron chi connectivity index (χ1n) is 7.97. The highest BCUT2D eigenvalue weighted by Crippen LogP contribution is 2.60. The van der Waals surface area contributed by atoms with E-state index >= 15 is 0 Å². The van der Waals surface area contributed by atoms with Crippen LogP contribution in [-0.2, 0) is 14.3 Å². The maximum absolute atomic E-state index is 12.5. The SMILES string of the molecule is CCCOCCOC(=O)C12CC3CC(CC(C3)C1)C2. The maximum atomic E-state index is 12.5. The Labute approximate surface area is 116 Å². The summed E-state index contributed by atoms with van der Waals surface area (Å²) in [6.07, 6.45) is 8.39. The number of hydrogen-bond donors (Lipinski definition) is 0. The molecule has 0 atom stereocenters. The van der Waals surface area contributed by atoms with Gasteiger partial charge in [-0.1, -0.05) is 6.92 Å². The van der Waals surface area contributed by atoms with Gasteiger partial charge in [0.25, 0.3) is 0 Å². The van der Waals surface area contributed by atoms with E-state index in [0.717, 1.165) is 50.0 Å². The molecule has 4 aliphatic carbocycles. The fraction of sp³-hybridized carbons (Fsp3) is 0.938. The van der Waals surface area contributed by atoms with Crippen molar-refractivity contribution in [2.24, 2.45) is 23.2 Å². The van der Waals surface area contributed by atoms with Crippen LogP contribution >= 0.6 is 0 Å². The fourth-order valence-corrected chi connectivity index (χ4v) is 4.95. The van der Waals surface area contributed by atoms with E-state index in [1.54, 1.807) is 0 Å². The summed E-state index contributed by atoms with van der Waals surface area (Å²) in [5.41, 5.74) is -0.112. The summed E-state index contributed by atoms with van der Waals surface area (Å²) in [5.74, 6) is 2.48. The van der Waals surface area contributed by atoms with Gasteiger partial charge in [0, 0.05) is 6.61 Å². The third-order valence-corrected chi connectivity index (χ3v) is 5.28. The van der Waals surface area contributed by atoms with Gasteiger partial charge in [0.15, 0.2) is 0 Å². The number of carbonyl (C=O) groups excluding carboxylic acids is 1. The van der Waals surface area contributed by atoms with Crippen molar-refractivity contribution in [2.45, 2.75) is 51.9 Å². The Morgan fingerprint density at radius 1 is 1.00 bits per heavy atom. The number of esters is 1. The zero-order valence-electron chi connectivity index (χ0n) is 12.0. The van der Waals surface area contributed by atoms with Crippen molar-refractivity contribution in [2.75, 3.05) is 19.8 Å². The third-order valence-electron chi connectivity index (χ3n) is 5.28. The molecule has 0 spiro atoms. The summed E-state index contributed by atoms with van der Waals surface area (Å²) in [5, 5.41) is 0. The molecule has 4 aliphatic rings. The van der Waals surface area contributed by atoms with Gasteiger partial charge in [-0.05, 0) is 62.7 Å². The van der Waals surface area contributed by atoms with Crippen LogP contribution in [0.1, 0.15) is 51.9 Å². The zero-order chi connectivity index (χ0) is 13.3. The molecule has 4 fully saturated rings. The summed E-state index contributed by atoms with van der Waals surface area (Å²) < 4.78 is 10.9. The molecule has 0 aromatic heterocycles. The molecule has 0 N–H and O–H groups in total. The Morgan fingerprint density at radius 2 is 1.58 bits per heavy atom. The van der Waals surface area contributed by atoms with Crippen molar-refractivity contribution in [3.63, 3.8) is 0 Å². The molecule has 4 bridgehead atoms. The molecule has 4 saturated carbocycles. The molecular weight excluding hydrogens is 240 g/mol. The minimum Gasteiger partial charge on any atom is -0.463 e. The van der Waals surface area contributed by atoms with Gasteiger partial charge in [-0.25, -0.2) is 0 Å². The Kier molecular flexibility index (Phi) is 3.84. The van der Waals surface area contributed by atoms with Gasteiger partial charge in [0.2, 0.25) is 0 Å². The maximum Gasteiger partial charge on any atom is 0.312 e. The lowest BCUT2D eigenvalue weighted by Gasteiger charge is -2.55. The van der Waals surface area contributed by atoms with Gasteiger partial charge in [-0.15, -0.1) is 0 Å². The van der Waals surface area contributed by atoms with Gasteiger partial charge < -0.3 is 9.47 Å². The lowest BCUT2D eigenvalue weighted by molar-refractivity contribution is -0.172. The summed E-state index contributed by atoms with van der Waals surface area (Å²) in [6, 6.07) is 0. The predicted molar refractivity (Wildman–Crippen MR) is 72.7 cm³/mol. The van der Waals surface area contributed by atoms with Crippen LogP contribution in [-0.4, -0.2) is 25.8 Å². The fourth-order valence-electron chi connectivity index (χ4n) is 4.95. The largest absolute Gasteiger partial charge is 0.463 e. The van der Waals surface area contributed by atoms with Gasteiger partial charge >= 0.3 is 5.97 Å². The summed E-state index contributed by atoms with van der Waals surface area (Å²) in [4.78, 5) is 12.5. The highest BCUT2D eigenvalue weighted by atomic mass is 16.6. The first kappa shape index (κ1) is 13.4. The minimum atomic E-state index is -0.112. The molecule has 0 aromatic rings. The standard InChI is InChI=1S/C16H26O3/c1-2-3-18-4-5-19-15(17)16-9-12-6-13(10-16)8-14(7-12)11-16/h12-14H,2-11H2,1H3. The van der Waals surface area contributed by atoms with Gasteiger partial charge in [0.05, 0.1) is 12.0 Å². The molecule has 4 rings (SSSR count). The van der Waals surface area contributed by atoms with Crippen molar-refractivity contribution < 1.29 is 14.3 Å². The molecule has 0 heterocycles. The van der Waals surface area contributed by atoms with E-state index in [1.807, 2.05) is 0 Å². The van der Waals surface area contributed by atoms with Crippen molar-refractivity contribution >= 4 is 5.97 Å². The van der Waals surface area contributed by atoms with Crippen LogP contribution in [0.5, 0.6) is 0 Å². The van der Waals surface area contributed by atoms with E-state index in [1.165, 1.54) is 19.3 Å². The first-order valence-corrected chi connectivity index (χ1v) is 7.97. The molecule has 3 nitrogen and oxygen atoms in total. The van der Waals surface area contributed by atoms with E-state index < -0.39 is 0 Å². The molecule has 0 aromatic carbocycles. The Bertz CT molecular complexity index is 302. The van der Waals surface area contributed by atoms with Crippen molar-refractivity contribution in [3.8, 4) is 0 Å². The number of ether oxygens (including phenoxy) is 2. The lowest BCUT2D eigenvalue weighted by Crippen LogP contribution is -2.50. The van der Waals surface area contributed by atoms with Crippen LogP contribution in [0.2, 0.25) is 0 Å². The monoisotopic (exact) mass is 266 g/mol. The molecular formula is C16H26O3. The zero-order valence-corrected chi connectivity index (χ0v) is 12.0. The molecule has 3 heteroatoms. The Morgan fingerprint density at radius 3 is 2.11 bits per heavy atom. The quantitative estimate of drug-likeness (QED) is 0.547. The van der Waals surface area contributed by atoms with Crippen LogP contribution < -0.4 is 0 Å².